The van der Waals surface area contributed by atoms with E-state index in [9.17, 15) is 0 Å². The third-order valence-electron chi connectivity index (χ3n) is 5.04. The number of nitrogens with one attached hydrogen (secondary N) is 3. The number of nitrogens with zero attached hydrogens (tertiary/aromatic N) is 6. The molecule has 0 bridgehead atoms. The van der Waals surface area contributed by atoms with Crippen molar-refractivity contribution in [3.05, 3.63) is 43.0 Å². The third kappa shape index (κ3) is 3.16. The number of benzene rings is 1. The SMILES string of the molecule is CN1CCN(c2ccc(Nc3nc(-c4cnc[nH]4)nc4cn[nH]c34)cc2)CC1. The Morgan fingerprint density at radius 2 is 1.82 bits per heavy atom. The number of hydrogen-bond acceptors (Lipinski definition) is 7. The van der Waals surface area contributed by atoms with Gasteiger partial charge in [-0.3, -0.25) is 5.10 Å². The van der Waals surface area contributed by atoms with E-state index in [1.165, 1.54) is 5.69 Å². The van der Waals surface area contributed by atoms with Gasteiger partial charge < -0.3 is 20.1 Å². The van der Waals surface area contributed by atoms with Crippen LogP contribution in [0.3, 0.4) is 0 Å². The molecule has 1 aliphatic rings. The Hall–Kier alpha value is -3.46. The van der Waals surface area contributed by atoms with Crippen molar-refractivity contribution >= 4 is 28.2 Å². The van der Waals surface area contributed by atoms with Crippen LogP contribution in [-0.4, -0.2) is 68.3 Å². The maximum Gasteiger partial charge on any atom is 0.180 e. The molecule has 0 atom stereocenters. The number of aromatic amines is 2. The average molecular weight is 375 g/mol. The molecule has 142 valence electrons. The Morgan fingerprint density at radius 1 is 1.00 bits per heavy atom. The number of imidazole rings is 1. The van der Waals surface area contributed by atoms with Gasteiger partial charge in [-0.05, 0) is 31.3 Å². The van der Waals surface area contributed by atoms with Crippen LogP contribution in [0.1, 0.15) is 0 Å². The van der Waals surface area contributed by atoms with Gasteiger partial charge in [-0.2, -0.15) is 5.10 Å². The van der Waals surface area contributed by atoms with E-state index in [-0.39, 0.29) is 0 Å². The summed E-state index contributed by atoms with van der Waals surface area (Å²) >= 11 is 0. The van der Waals surface area contributed by atoms with Crippen molar-refractivity contribution in [3.63, 3.8) is 0 Å². The lowest BCUT2D eigenvalue weighted by atomic mass is 10.2. The highest BCUT2D eigenvalue weighted by molar-refractivity contribution is 5.88. The normalized spacial score (nSPS) is 15.2. The molecular weight excluding hydrogens is 354 g/mol. The van der Waals surface area contributed by atoms with Gasteiger partial charge in [-0.15, -0.1) is 0 Å². The van der Waals surface area contributed by atoms with Gasteiger partial charge in [0.2, 0.25) is 0 Å². The lowest BCUT2D eigenvalue weighted by molar-refractivity contribution is 0.313. The van der Waals surface area contributed by atoms with Crippen LogP contribution in [0.25, 0.3) is 22.6 Å². The molecule has 0 aliphatic carbocycles. The van der Waals surface area contributed by atoms with Crippen molar-refractivity contribution in [1.82, 2.24) is 35.0 Å². The van der Waals surface area contributed by atoms with Gasteiger partial charge in [0, 0.05) is 37.6 Å². The molecule has 0 amide bonds. The standard InChI is InChI=1S/C19H21N9/c1-27-6-8-28(9-7-27)14-4-2-13(3-5-14)23-19-17-15(11-22-26-17)24-18(25-19)16-10-20-12-21-16/h2-5,10-12H,6-9H2,1H3,(H,20,21)(H,22,26)(H,23,24,25). The smallest absolute Gasteiger partial charge is 0.180 e. The van der Waals surface area contributed by atoms with Gasteiger partial charge in [0.05, 0.1) is 18.7 Å². The molecular formula is C19H21N9. The quantitative estimate of drug-likeness (QED) is 0.503. The molecule has 0 unspecified atom stereocenters. The molecule has 0 spiro atoms. The van der Waals surface area contributed by atoms with Crippen molar-refractivity contribution in [2.75, 3.05) is 43.4 Å². The Labute approximate surface area is 161 Å². The highest BCUT2D eigenvalue weighted by Gasteiger charge is 2.15. The Morgan fingerprint density at radius 3 is 2.57 bits per heavy atom. The lowest BCUT2D eigenvalue weighted by Gasteiger charge is -2.34. The zero-order valence-corrected chi connectivity index (χ0v) is 15.6. The third-order valence-corrected chi connectivity index (χ3v) is 5.04. The van der Waals surface area contributed by atoms with Crippen LogP contribution >= 0.6 is 0 Å². The van der Waals surface area contributed by atoms with Crippen LogP contribution < -0.4 is 10.2 Å². The van der Waals surface area contributed by atoms with E-state index in [0.29, 0.717) is 11.6 Å². The number of aromatic nitrogens is 6. The fourth-order valence-corrected chi connectivity index (χ4v) is 3.39. The highest BCUT2D eigenvalue weighted by atomic mass is 15.2. The second-order valence-corrected chi connectivity index (χ2v) is 6.95. The van der Waals surface area contributed by atoms with E-state index in [0.717, 1.165) is 48.6 Å². The number of likely N-dealkylation sites (N-methyl/N-ethyl adjacent to an activating group) is 1. The van der Waals surface area contributed by atoms with E-state index < -0.39 is 0 Å². The minimum Gasteiger partial charge on any atom is -0.369 e. The maximum atomic E-state index is 4.65. The van der Waals surface area contributed by atoms with Crippen LogP contribution in [-0.2, 0) is 0 Å². The first kappa shape index (κ1) is 16.7. The van der Waals surface area contributed by atoms with E-state index >= 15 is 0 Å². The molecule has 9 heteroatoms. The first-order valence-electron chi connectivity index (χ1n) is 9.27. The summed E-state index contributed by atoms with van der Waals surface area (Å²) in [5, 5.41) is 10.5. The topological polar surface area (TPSA) is 102 Å². The first-order chi connectivity index (χ1) is 13.8. The van der Waals surface area contributed by atoms with Crippen LogP contribution in [0.2, 0.25) is 0 Å². The van der Waals surface area contributed by atoms with Gasteiger partial charge in [-0.25, -0.2) is 15.0 Å². The fraction of sp³-hybridized carbons (Fsp3) is 0.263. The van der Waals surface area contributed by atoms with Gasteiger partial charge in [0.15, 0.2) is 11.6 Å². The van der Waals surface area contributed by atoms with E-state index in [4.69, 9.17) is 0 Å². The molecule has 28 heavy (non-hydrogen) atoms. The lowest BCUT2D eigenvalue weighted by Crippen LogP contribution is -2.44. The van der Waals surface area contributed by atoms with Crippen molar-refractivity contribution in [2.24, 2.45) is 0 Å². The number of hydrogen-bond donors (Lipinski definition) is 3. The summed E-state index contributed by atoms with van der Waals surface area (Å²) in [6, 6.07) is 8.45. The van der Waals surface area contributed by atoms with Crippen LogP contribution in [0.5, 0.6) is 0 Å². The molecule has 4 heterocycles. The monoisotopic (exact) mass is 375 g/mol. The maximum absolute atomic E-state index is 4.65. The summed E-state index contributed by atoms with van der Waals surface area (Å²) in [4.78, 5) is 21.1. The summed E-state index contributed by atoms with van der Waals surface area (Å²) < 4.78 is 0. The fourth-order valence-electron chi connectivity index (χ4n) is 3.39. The van der Waals surface area contributed by atoms with E-state index in [2.05, 4.69) is 76.6 Å². The Kier molecular flexibility index (Phi) is 4.13. The molecule has 3 aromatic heterocycles. The second kappa shape index (κ2) is 6.93. The zero-order valence-electron chi connectivity index (χ0n) is 15.6. The molecule has 9 nitrogen and oxygen atoms in total. The van der Waals surface area contributed by atoms with Crippen molar-refractivity contribution in [1.29, 1.82) is 0 Å². The molecule has 1 saturated heterocycles. The summed E-state index contributed by atoms with van der Waals surface area (Å²) in [5.74, 6) is 1.25. The highest BCUT2D eigenvalue weighted by Crippen LogP contribution is 2.26. The summed E-state index contributed by atoms with van der Waals surface area (Å²) in [7, 11) is 2.17. The Bertz CT molecular complexity index is 1060. The largest absolute Gasteiger partial charge is 0.369 e. The van der Waals surface area contributed by atoms with Gasteiger partial charge >= 0.3 is 0 Å². The van der Waals surface area contributed by atoms with Crippen molar-refractivity contribution in [3.8, 4) is 11.5 Å². The summed E-state index contributed by atoms with van der Waals surface area (Å²) in [6.45, 7) is 4.29. The second-order valence-electron chi connectivity index (χ2n) is 6.95. The van der Waals surface area contributed by atoms with Gasteiger partial charge in [0.25, 0.3) is 0 Å². The molecule has 4 aromatic rings. The number of H-pyrrole nitrogens is 2. The first-order valence-corrected chi connectivity index (χ1v) is 9.27. The van der Waals surface area contributed by atoms with Crippen LogP contribution in [0.15, 0.2) is 43.0 Å². The molecule has 3 N–H and O–H groups in total. The average Bonchev–Trinajstić information content (AvgIpc) is 3.41. The predicted molar refractivity (Wildman–Crippen MR) is 109 cm³/mol. The predicted octanol–water partition coefficient (Wildman–Crippen LogP) is 2.24. The van der Waals surface area contributed by atoms with Crippen LogP contribution in [0.4, 0.5) is 17.2 Å². The number of anilines is 3. The molecule has 1 aromatic carbocycles. The zero-order chi connectivity index (χ0) is 18.9. The van der Waals surface area contributed by atoms with Gasteiger partial charge in [-0.1, -0.05) is 0 Å². The minimum absolute atomic E-state index is 0.572. The summed E-state index contributed by atoms with van der Waals surface area (Å²) in [6.07, 6.45) is 5.01. The molecule has 1 fully saturated rings. The Balaban J connectivity index is 1.41. The van der Waals surface area contributed by atoms with Crippen LogP contribution in [0, 0.1) is 0 Å². The summed E-state index contributed by atoms with van der Waals surface area (Å²) in [5.41, 5.74) is 4.48. The molecule has 1 aliphatic heterocycles. The minimum atomic E-state index is 0.572. The van der Waals surface area contributed by atoms with E-state index in [1.807, 2.05) is 0 Å². The number of piperazine rings is 1. The number of fused-ring (bicyclic) bond motifs is 1. The molecule has 0 saturated carbocycles. The van der Waals surface area contributed by atoms with Crippen molar-refractivity contribution < 1.29 is 0 Å². The number of rotatable bonds is 4. The van der Waals surface area contributed by atoms with E-state index in [1.54, 1.807) is 18.7 Å². The van der Waals surface area contributed by atoms with Crippen molar-refractivity contribution in [2.45, 2.75) is 0 Å². The van der Waals surface area contributed by atoms with Gasteiger partial charge in [0.1, 0.15) is 16.7 Å². The molecule has 0 radical (unpaired) electrons. The molecule has 5 rings (SSSR count).